The van der Waals surface area contributed by atoms with E-state index in [0.29, 0.717) is 18.1 Å². The maximum atomic E-state index is 6.37. The fourth-order valence-electron chi connectivity index (χ4n) is 3.30. The van der Waals surface area contributed by atoms with E-state index in [-0.39, 0.29) is 0 Å². The highest BCUT2D eigenvalue weighted by atomic mass is 15.2. The summed E-state index contributed by atoms with van der Waals surface area (Å²) in [5.41, 5.74) is 6.37. The predicted octanol–water partition coefficient (Wildman–Crippen LogP) is 3.26. The van der Waals surface area contributed by atoms with Crippen LogP contribution in [-0.4, -0.2) is 29.6 Å². The Morgan fingerprint density at radius 2 is 1.82 bits per heavy atom. The largest absolute Gasteiger partial charge is 0.326 e. The van der Waals surface area contributed by atoms with Gasteiger partial charge in [-0.05, 0) is 51.0 Å². The molecule has 2 heteroatoms. The highest BCUT2D eigenvalue weighted by Crippen LogP contribution is 2.32. The second-order valence-electron chi connectivity index (χ2n) is 6.14. The van der Waals surface area contributed by atoms with Crippen LogP contribution >= 0.6 is 0 Å². The highest BCUT2D eigenvalue weighted by molar-refractivity contribution is 4.91. The molecule has 0 aromatic rings. The van der Waals surface area contributed by atoms with Crippen molar-refractivity contribution in [3.63, 3.8) is 0 Å². The monoisotopic (exact) mass is 240 g/mol. The van der Waals surface area contributed by atoms with Gasteiger partial charge in [0.2, 0.25) is 0 Å². The second kappa shape index (κ2) is 6.75. The molecule has 0 aromatic carbocycles. The van der Waals surface area contributed by atoms with Crippen LogP contribution in [0.1, 0.15) is 60.3 Å². The lowest BCUT2D eigenvalue weighted by Crippen LogP contribution is -2.54. The first-order chi connectivity index (χ1) is 8.01. The van der Waals surface area contributed by atoms with E-state index < -0.39 is 0 Å². The van der Waals surface area contributed by atoms with Crippen LogP contribution in [0.15, 0.2) is 0 Å². The van der Waals surface area contributed by atoms with Gasteiger partial charge in [-0.2, -0.15) is 0 Å². The van der Waals surface area contributed by atoms with Crippen molar-refractivity contribution in [2.75, 3.05) is 6.54 Å². The van der Waals surface area contributed by atoms with Crippen molar-refractivity contribution < 1.29 is 0 Å². The quantitative estimate of drug-likeness (QED) is 0.799. The number of rotatable bonds is 5. The minimum absolute atomic E-state index is 0.388. The van der Waals surface area contributed by atoms with E-state index in [0.717, 1.165) is 18.4 Å². The van der Waals surface area contributed by atoms with Gasteiger partial charge in [-0.1, -0.05) is 27.7 Å². The van der Waals surface area contributed by atoms with Crippen LogP contribution in [0.3, 0.4) is 0 Å². The van der Waals surface area contributed by atoms with E-state index in [9.17, 15) is 0 Å². The van der Waals surface area contributed by atoms with Crippen molar-refractivity contribution in [3.8, 4) is 0 Å². The molecule has 0 aliphatic heterocycles. The van der Waals surface area contributed by atoms with Crippen molar-refractivity contribution in [1.29, 1.82) is 0 Å². The van der Waals surface area contributed by atoms with E-state index >= 15 is 0 Å². The van der Waals surface area contributed by atoms with Crippen LogP contribution in [0.4, 0.5) is 0 Å². The third-order valence-corrected chi connectivity index (χ3v) is 4.80. The lowest BCUT2D eigenvalue weighted by molar-refractivity contribution is 0.0697. The molecule has 1 fully saturated rings. The molecular weight excluding hydrogens is 208 g/mol. The number of nitrogens with zero attached hydrogens (tertiary/aromatic N) is 1. The molecule has 0 aromatic heterocycles. The Morgan fingerprint density at radius 1 is 1.18 bits per heavy atom. The van der Waals surface area contributed by atoms with Crippen LogP contribution in [-0.2, 0) is 0 Å². The molecule has 0 bridgehead atoms. The molecule has 1 saturated carbocycles. The summed E-state index contributed by atoms with van der Waals surface area (Å²) in [5, 5.41) is 0. The molecule has 0 spiro atoms. The summed E-state index contributed by atoms with van der Waals surface area (Å²) in [7, 11) is 0. The first-order valence-electron chi connectivity index (χ1n) is 7.52. The maximum absolute atomic E-state index is 6.37. The van der Waals surface area contributed by atoms with Crippen molar-refractivity contribution in [2.24, 2.45) is 17.6 Å². The molecule has 1 rings (SSSR count). The smallest absolute Gasteiger partial charge is 0.0252 e. The molecule has 0 radical (unpaired) electrons. The molecular formula is C15H32N2. The molecule has 102 valence electrons. The van der Waals surface area contributed by atoms with Gasteiger partial charge in [-0.15, -0.1) is 0 Å². The van der Waals surface area contributed by atoms with Gasteiger partial charge >= 0.3 is 0 Å². The summed E-state index contributed by atoms with van der Waals surface area (Å²) in [6, 6.07) is 1.66. The van der Waals surface area contributed by atoms with Crippen molar-refractivity contribution in [3.05, 3.63) is 0 Å². The Morgan fingerprint density at radius 3 is 2.29 bits per heavy atom. The maximum Gasteiger partial charge on any atom is 0.0252 e. The Labute approximate surface area is 108 Å². The van der Waals surface area contributed by atoms with Crippen LogP contribution in [0.25, 0.3) is 0 Å². The molecule has 0 heterocycles. The SMILES string of the molecule is CCC(C)N(CC)C1CC(C(C)C)CCC1N. The lowest BCUT2D eigenvalue weighted by Gasteiger charge is -2.44. The number of hydrogen-bond acceptors (Lipinski definition) is 2. The number of nitrogens with two attached hydrogens (primary N) is 1. The standard InChI is InChI=1S/C15H32N2/c1-6-12(5)17(7-2)15-10-13(11(3)4)8-9-14(15)16/h11-15H,6-10,16H2,1-5H3. The van der Waals surface area contributed by atoms with E-state index in [2.05, 4.69) is 39.5 Å². The van der Waals surface area contributed by atoms with Gasteiger partial charge in [0.1, 0.15) is 0 Å². The van der Waals surface area contributed by atoms with E-state index in [4.69, 9.17) is 5.73 Å². The second-order valence-corrected chi connectivity index (χ2v) is 6.14. The van der Waals surface area contributed by atoms with Crippen molar-refractivity contribution in [2.45, 2.75) is 78.4 Å². The Hall–Kier alpha value is -0.0800. The van der Waals surface area contributed by atoms with Gasteiger partial charge in [0.15, 0.2) is 0 Å². The average Bonchev–Trinajstić information content (AvgIpc) is 2.31. The fraction of sp³-hybridized carbons (Fsp3) is 1.00. The van der Waals surface area contributed by atoms with Crippen LogP contribution < -0.4 is 5.73 Å². The van der Waals surface area contributed by atoms with Gasteiger partial charge in [0.25, 0.3) is 0 Å². The number of hydrogen-bond donors (Lipinski definition) is 1. The highest BCUT2D eigenvalue weighted by Gasteiger charge is 2.34. The third kappa shape index (κ3) is 3.69. The number of likely N-dealkylation sites (N-methyl/N-ethyl adjacent to an activating group) is 1. The van der Waals surface area contributed by atoms with Gasteiger partial charge in [-0.25, -0.2) is 0 Å². The van der Waals surface area contributed by atoms with Gasteiger partial charge in [0.05, 0.1) is 0 Å². The Kier molecular flexibility index (Phi) is 5.94. The predicted molar refractivity (Wildman–Crippen MR) is 76.1 cm³/mol. The lowest BCUT2D eigenvalue weighted by atomic mass is 9.76. The summed E-state index contributed by atoms with van der Waals surface area (Å²) in [5.74, 6) is 1.68. The zero-order valence-corrected chi connectivity index (χ0v) is 12.4. The Bertz CT molecular complexity index is 215. The topological polar surface area (TPSA) is 29.3 Å². The van der Waals surface area contributed by atoms with E-state index in [1.165, 1.54) is 25.7 Å². The molecule has 2 nitrogen and oxygen atoms in total. The minimum Gasteiger partial charge on any atom is -0.326 e. The van der Waals surface area contributed by atoms with E-state index in [1.807, 2.05) is 0 Å². The average molecular weight is 240 g/mol. The van der Waals surface area contributed by atoms with Crippen molar-refractivity contribution in [1.82, 2.24) is 4.90 Å². The summed E-state index contributed by atoms with van der Waals surface area (Å²) in [6.45, 7) is 12.8. The first kappa shape index (κ1) is 15.0. The van der Waals surface area contributed by atoms with Crippen LogP contribution in [0.5, 0.6) is 0 Å². The molecule has 2 N–H and O–H groups in total. The molecule has 0 saturated heterocycles. The summed E-state index contributed by atoms with van der Waals surface area (Å²) in [6.07, 6.45) is 5.06. The fourth-order valence-corrected chi connectivity index (χ4v) is 3.30. The normalized spacial score (nSPS) is 32.1. The Balaban J connectivity index is 2.70. The minimum atomic E-state index is 0.388. The van der Waals surface area contributed by atoms with Gasteiger partial charge in [0, 0.05) is 18.1 Å². The summed E-state index contributed by atoms with van der Waals surface area (Å²) < 4.78 is 0. The van der Waals surface area contributed by atoms with Crippen molar-refractivity contribution >= 4 is 0 Å². The zero-order chi connectivity index (χ0) is 13.0. The van der Waals surface area contributed by atoms with Gasteiger partial charge in [-0.3, -0.25) is 4.90 Å². The molecule has 4 atom stereocenters. The molecule has 0 amide bonds. The molecule has 1 aliphatic carbocycles. The zero-order valence-electron chi connectivity index (χ0n) is 12.4. The molecule has 17 heavy (non-hydrogen) atoms. The van der Waals surface area contributed by atoms with Gasteiger partial charge < -0.3 is 5.73 Å². The van der Waals surface area contributed by atoms with Crippen LogP contribution in [0, 0.1) is 11.8 Å². The van der Waals surface area contributed by atoms with Crippen LogP contribution in [0.2, 0.25) is 0 Å². The first-order valence-corrected chi connectivity index (χ1v) is 7.52. The molecule has 4 unspecified atom stereocenters. The third-order valence-electron chi connectivity index (χ3n) is 4.80. The summed E-state index contributed by atoms with van der Waals surface area (Å²) >= 11 is 0. The summed E-state index contributed by atoms with van der Waals surface area (Å²) in [4.78, 5) is 2.64. The molecule has 1 aliphatic rings. The van der Waals surface area contributed by atoms with E-state index in [1.54, 1.807) is 0 Å².